The fourth-order valence-corrected chi connectivity index (χ4v) is 2.48. The quantitative estimate of drug-likeness (QED) is 0.593. The van der Waals surface area contributed by atoms with E-state index in [-0.39, 0.29) is 0 Å². The number of thioether (sulfide) groups is 1. The van der Waals surface area contributed by atoms with Crippen LogP contribution in [0.2, 0.25) is 0 Å². The van der Waals surface area contributed by atoms with Crippen molar-refractivity contribution in [2.45, 2.75) is 25.1 Å². The van der Waals surface area contributed by atoms with E-state index in [0.717, 1.165) is 25.1 Å². The Morgan fingerprint density at radius 1 is 1.55 bits per heavy atom. The fraction of sp³-hybridized carbons (Fsp3) is 0.875. The van der Waals surface area contributed by atoms with E-state index in [4.69, 9.17) is 0 Å². The number of carbonyl (C=O) groups excluding carboxylic acids is 1. The SMILES string of the molecule is CC1SCCN1C(=O)C1CC1. The Labute approximate surface area is 71.3 Å². The first-order chi connectivity index (χ1) is 5.29. The molecule has 3 heteroatoms. The predicted molar refractivity (Wildman–Crippen MR) is 46.4 cm³/mol. The lowest BCUT2D eigenvalue weighted by Gasteiger charge is -2.19. The van der Waals surface area contributed by atoms with Crippen molar-refractivity contribution in [3.8, 4) is 0 Å². The fourth-order valence-electron chi connectivity index (χ4n) is 1.45. The summed E-state index contributed by atoms with van der Waals surface area (Å²) < 4.78 is 0. The minimum Gasteiger partial charge on any atom is -0.330 e. The zero-order valence-electron chi connectivity index (χ0n) is 6.75. The Morgan fingerprint density at radius 2 is 2.27 bits per heavy atom. The van der Waals surface area contributed by atoms with Crippen LogP contribution in [0.15, 0.2) is 0 Å². The first-order valence-corrected chi connectivity index (χ1v) is 5.26. The molecule has 1 amide bonds. The molecule has 62 valence electrons. The van der Waals surface area contributed by atoms with E-state index >= 15 is 0 Å². The van der Waals surface area contributed by atoms with Crippen LogP contribution in [-0.4, -0.2) is 28.5 Å². The Balaban J connectivity index is 1.96. The van der Waals surface area contributed by atoms with Gasteiger partial charge in [-0.2, -0.15) is 0 Å². The van der Waals surface area contributed by atoms with Crippen LogP contribution < -0.4 is 0 Å². The molecule has 1 aliphatic carbocycles. The molecule has 0 aromatic heterocycles. The number of nitrogens with zero attached hydrogens (tertiary/aromatic N) is 1. The summed E-state index contributed by atoms with van der Waals surface area (Å²) in [6.45, 7) is 3.10. The average molecular weight is 171 g/mol. The molecule has 0 spiro atoms. The van der Waals surface area contributed by atoms with Crippen LogP contribution in [0.1, 0.15) is 19.8 Å². The molecule has 2 rings (SSSR count). The van der Waals surface area contributed by atoms with Crippen molar-refractivity contribution < 1.29 is 4.79 Å². The van der Waals surface area contributed by atoms with Gasteiger partial charge in [-0.05, 0) is 19.8 Å². The van der Waals surface area contributed by atoms with Crippen LogP contribution in [0.3, 0.4) is 0 Å². The van der Waals surface area contributed by atoms with Crippen molar-refractivity contribution in [3.63, 3.8) is 0 Å². The van der Waals surface area contributed by atoms with Crippen molar-refractivity contribution in [2.24, 2.45) is 5.92 Å². The highest BCUT2D eigenvalue weighted by Gasteiger charge is 2.36. The molecule has 11 heavy (non-hydrogen) atoms. The topological polar surface area (TPSA) is 20.3 Å². The zero-order chi connectivity index (χ0) is 7.84. The lowest BCUT2D eigenvalue weighted by atomic mass is 10.3. The molecule has 2 nitrogen and oxygen atoms in total. The summed E-state index contributed by atoms with van der Waals surface area (Å²) in [6, 6.07) is 0. The standard InChI is InChI=1S/C8H13NOS/c1-6-9(4-5-11-6)8(10)7-2-3-7/h6-7H,2-5H2,1H3. The van der Waals surface area contributed by atoms with E-state index in [0.29, 0.717) is 17.2 Å². The third-order valence-electron chi connectivity index (χ3n) is 2.34. The van der Waals surface area contributed by atoms with Crippen LogP contribution in [-0.2, 0) is 4.79 Å². The van der Waals surface area contributed by atoms with Gasteiger partial charge in [-0.15, -0.1) is 11.8 Å². The van der Waals surface area contributed by atoms with Crippen molar-refractivity contribution in [1.29, 1.82) is 0 Å². The first-order valence-electron chi connectivity index (χ1n) is 4.21. The van der Waals surface area contributed by atoms with E-state index in [1.54, 1.807) is 0 Å². The highest BCUT2D eigenvalue weighted by Crippen LogP contribution is 2.34. The van der Waals surface area contributed by atoms with E-state index in [9.17, 15) is 4.79 Å². The van der Waals surface area contributed by atoms with Gasteiger partial charge < -0.3 is 4.90 Å². The Morgan fingerprint density at radius 3 is 2.73 bits per heavy atom. The molecule has 2 aliphatic rings. The minimum atomic E-state index is 0.399. The lowest BCUT2D eigenvalue weighted by molar-refractivity contribution is -0.132. The van der Waals surface area contributed by atoms with E-state index in [1.165, 1.54) is 0 Å². The van der Waals surface area contributed by atoms with Crippen LogP contribution in [0, 0.1) is 5.92 Å². The molecule has 0 aromatic rings. The molecule has 1 atom stereocenters. The monoisotopic (exact) mass is 171 g/mol. The molecule has 1 aliphatic heterocycles. The summed E-state index contributed by atoms with van der Waals surface area (Å²) in [5.74, 6) is 1.93. The molecule has 0 radical (unpaired) electrons. The summed E-state index contributed by atoms with van der Waals surface area (Å²) in [6.07, 6.45) is 2.26. The summed E-state index contributed by atoms with van der Waals surface area (Å²) >= 11 is 1.88. The second-order valence-corrected chi connectivity index (χ2v) is 4.70. The van der Waals surface area contributed by atoms with Gasteiger partial charge in [0.25, 0.3) is 0 Å². The molecule has 1 saturated heterocycles. The number of carbonyl (C=O) groups is 1. The third kappa shape index (κ3) is 1.39. The smallest absolute Gasteiger partial charge is 0.226 e. The van der Waals surface area contributed by atoms with Gasteiger partial charge in [-0.3, -0.25) is 4.79 Å². The first kappa shape index (κ1) is 7.47. The van der Waals surface area contributed by atoms with Gasteiger partial charge in [0.15, 0.2) is 0 Å². The maximum Gasteiger partial charge on any atom is 0.226 e. The third-order valence-corrected chi connectivity index (χ3v) is 3.49. The van der Waals surface area contributed by atoms with Crippen LogP contribution >= 0.6 is 11.8 Å². The van der Waals surface area contributed by atoms with Crippen molar-refractivity contribution >= 4 is 17.7 Å². The van der Waals surface area contributed by atoms with Gasteiger partial charge in [0.1, 0.15) is 0 Å². The Kier molecular flexibility index (Phi) is 1.83. The van der Waals surface area contributed by atoms with Crippen LogP contribution in [0.25, 0.3) is 0 Å². The Bertz CT molecular complexity index is 179. The number of hydrogen-bond acceptors (Lipinski definition) is 2. The van der Waals surface area contributed by atoms with Crippen molar-refractivity contribution in [1.82, 2.24) is 4.90 Å². The van der Waals surface area contributed by atoms with Crippen molar-refractivity contribution in [2.75, 3.05) is 12.3 Å². The number of hydrogen-bond donors (Lipinski definition) is 0. The highest BCUT2D eigenvalue weighted by molar-refractivity contribution is 8.00. The molecule has 1 unspecified atom stereocenters. The minimum absolute atomic E-state index is 0.399. The second-order valence-electron chi connectivity index (χ2n) is 3.28. The summed E-state index contributed by atoms with van der Waals surface area (Å²) in [5, 5.41) is 0.433. The van der Waals surface area contributed by atoms with Gasteiger partial charge in [0.2, 0.25) is 5.91 Å². The number of rotatable bonds is 1. The summed E-state index contributed by atoms with van der Waals surface area (Å²) in [5.41, 5.74) is 0. The van der Waals surface area contributed by atoms with E-state index in [1.807, 2.05) is 16.7 Å². The molecule has 2 fully saturated rings. The van der Waals surface area contributed by atoms with Gasteiger partial charge in [-0.25, -0.2) is 0 Å². The zero-order valence-corrected chi connectivity index (χ0v) is 7.56. The molecule has 1 heterocycles. The largest absolute Gasteiger partial charge is 0.330 e. The predicted octanol–water partition coefficient (Wildman–Crippen LogP) is 1.32. The second kappa shape index (κ2) is 2.70. The van der Waals surface area contributed by atoms with Gasteiger partial charge in [0, 0.05) is 18.2 Å². The van der Waals surface area contributed by atoms with Gasteiger partial charge in [-0.1, -0.05) is 0 Å². The molecular formula is C8H13NOS. The maximum atomic E-state index is 11.5. The molecule has 0 N–H and O–H groups in total. The summed E-state index contributed by atoms with van der Waals surface area (Å²) in [7, 11) is 0. The summed E-state index contributed by atoms with van der Waals surface area (Å²) in [4.78, 5) is 13.6. The maximum absolute atomic E-state index is 11.5. The average Bonchev–Trinajstić information content (AvgIpc) is 2.74. The van der Waals surface area contributed by atoms with E-state index < -0.39 is 0 Å². The van der Waals surface area contributed by atoms with Crippen LogP contribution in [0.5, 0.6) is 0 Å². The molecule has 0 bridgehead atoms. The molecular weight excluding hydrogens is 158 g/mol. The molecule has 1 saturated carbocycles. The van der Waals surface area contributed by atoms with Crippen molar-refractivity contribution in [3.05, 3.63) is 0 Å². The molecule has 0 aromatic carbocycles. The van der Waals surface area contributed by atoms with E-state index in [2.05, 4.69) is 6.92 Å². The normalized spacial score (nSPS) is 31.0. The number of amides is 1. The van der Waals surface area contributed by atoms with Crippen LogP contribution in [0.4, 0.5) is 0 Å². The Hall–Kier alpha value is -0.180. The van der Waals surface area contributed by atoms with Gasteiger partial charge in [0.05, 0.1) is 5.37 Å². The lowest BCUT2D eigenvalue weighted by Crippen LogP contribution is -2.34. The highest BCUT2D eigenvalue weighted by atomic mass is 32.2. The van der Waals surface area contributed by atoms with Gasteiger partial charge >= 0.3 is 0 Å².